The van der Waals surface area contributed by atoms with Crippen LogP contribution in [0.4, 0.5) is 0 Å². The highest BCUT2D eigenvalue weighted by Gasteiger charge is 2.19. The Kier molecular flexibility index (Phi) is 10.5. The number of fused-ring (bicyclic) bond motifs is 8. The van der Waals surface area contributed by atoms with Crippen molar-refractivity contribution >= 4 is 65.2 Å². The molecule has 15 aromatic rings. The molecule has 2 aromatic heterocycles. The van der Waals surface area contributed by atoms with Crippen molar-refractivity contribution in [1.82, 2.24) is 9.13 Å². The van der Waals surface area contributed by atoms with E-state index in [0.29, 0.717) is 0 Å². The van der Waals surface area contributed by atoms with Gasteiger partial charge >= 0.3 is 0 Å². The van der Waals surface area contributed by atoms with Crippen LogP contribution in [-0.4, -0.2) is 9.13 Å². The average molecular weight is 979 g/mol. The monoisotopic (exact) mass is 978 g/mol. The van der Waals surface area contributed by atoms with Gasteiger partial charge in [-0.25, -0.2) is 0 Å². The number of aromatic nitrogens is 2. The number of hydrogen-bond acceptors (Lipinski definition) is 0. The zero-order valence-electron chi connectivity index (χ0n) is 42.5. The molecule has 77 heavy (non-hydrogen) atoms. The minimum atomic E-state index is 1.17. The van der Waals surface area contributed by atoms with Gasteiger partial charge in [0.25, 0.3) is 0 Å². The second kappa shape index (κ2) is 18.1. The molecule has 0 saturated carbocycles. The Morgan fingerprint density at radius 2 is 0.494 bits per heavy atom. The zero-order valence-corrected chi connectivity index (χ0v) is 42.5. The Labute approximate surface area is 447 Å². The van der Waals surface area contributed by atoms with Crippen molar-refractivity contribution in [3.8, 4) is 78.1 Å². The van der Waals surface area contributed by atoms with E-state index in [0.717, 1.165) is 0 Å². The summed E-state index contributed by atoms with van der Waals surface area (Å²) in [4.78, 5) is 0. The predicted molar refractivity (Wildman–Crippen MR) is 327 cm³/mol. The molecular weight excluding hydrogens is 929 g/mol. The highest BCUT2D eigenvalue weighted by molar-refractivity contribution is 6.22. The van der Waals surface area contributed by atoms with Crippen LogP contribution >= 0.6 is 0 Å². The summed E-state index contributed by atoms with van der Waals surface area (Å²) in [7, 11) is 0. The first-order chi connectivity index (χ1) is 38.1. The first-order valence-corrected chi connectivity index (χ1v) is 26.6. The van der Waals surface area contributed by atoms with Crippen molar-refractivity contribution in [2.45, 2.75) is 6.92 Å². The third-order valence-electron chi connectivity index (χ3n) is 16.0. The first kappa shape index (κ1) is 44.5. The molecule has 360 valence electrons. The highest BCUT2D eigenvalue weighted by Crippen LogP contribution is 2.45. The average Bonchev–Trinajstić information content (AvgIpc) is 4.18. The second-order valence-electron chi connectivity index (χ2n) is 20.5. The topological polar surface area (TPSA) is 9.86 Å². The molecule has 0 aliphatic rings. The minimum Gasteiger partial charge on any atom is -0.309 e. The summed E-state index contributed by atoms with van der Waals surface area (Å²) in [5.41, 5.74) is 23.0. The zero-order chi connectivity index (χ0) is 51.0. The number of hydrogen-bond donors (Lipinski definition) is 0. The normalized spacial score (nSPS) is 11.7. The Hall–Kier alpha value is -10.0. The van der Waals surface area contributed by atoms with Crippen LogP contribution < -0.4 is 0 Å². The van der Waals surface area contributed by atoms with E-state index in [1.54, 1.807) is 0 Å². The van der Waals surface area contributed by atoms with E-state index in [1.807, 2.05) is 0 Å². The Morgan fingerprint density at radius 3 is 0.909 bits per heavy atom. The van der Waals surface area contributed by atoms with E-state index in [1.165, 1.54) is 149 Å². The summed E-state index contributed by atoms with van der Waals surface area (Å²) in [6.07, 6.45) is 0. The molecule has 0 aliphatic carbocycles. The van der Waals surface area contributed by atoms with Gasteiger partial charge in [-0.2, -0.15) is 0 Å². The molecule has 13 aromatic carbocycles. The van der Waals surface area contributed by atoms with E-state index in [4.69, 9.17) is 0 Å². The van der Waals surface area contributed by atoms with Gasteiger partial charge in [0.05, 0.1) is 22.1 Å². The fraction of sp³-hybridized carbons (Fsp3) is 0.0133. The van der Waals surface area contributed by atoms with Crippen LogP contribution in [0.15, 0.2) is 285 Å². The number of para-hydroxylation sites is 4. The minimum absolute atomic E-state index is 1.17. The fourth-order valence-corrected chi connectivity index (χ4v) is 12.3. The summed E-state index contributed by atoms with van der Waals surface area (Å²) < 4.78 is 4.74. The summed E-state index contributed by atoms with van der Waals surface area (Å²) >= 11 is 0. The molecule has 0 saturated heterocycles. The van der Waals surface area contributed by atoms with Crippen LogP contribution in [0.3, 0.4) is 0 Å². The van der Waals surface area contributed by atoms with Gasteiger partial charge in [-0.3, -0.25) is 0 Å². The molecule has 2 nitrogen and oxygen atoms in total. The van der Waals surface area contributed by atoms with Gasteiger partial charge in [0.15, 0.2) is 0 Å². The molecule has 0 fully saturated rings. The molecule has 2 heteroatoms. The standard InChI is InChI=1S/C75H50N2/c1-49-24-43-66-69(46-49)75(57-39-35-53(36-40-57)51-27-31-55(32-28-51)59-42-45-73-68(48-59)63-19-11-13-23-71(63)77(73)61-16-6-3-7-17-61)65-21-9-8-20-64(65)74(66)56-37-33-52(34-38-56)50-25-29-54(30-26-50)58-41-44-72-67(47-58)62-18-10-12-22-70(62)76(72)60-14-4-2-5-15-60/h2-48H,1H3. The van der Waals surface area contributed by atoms with E-state index >= 15 is 0 Å². The highest BCUT2D eigenvalue weighted by atomic mass is 15.0. The van der Waals surface area contributed by atoms with E-state index in [9.17, 15) is 0 Å². The number of benzene rings is 13. The van der Waals surface area contributed by atoms with Crippen LogP contribution in [0.2, 0.25) is 0 Å². The van der Waals surface area contributed by atoms with Crippen LogP contribution in [0.25, 0.3) is 143 Å². The third kappa shape index (κ3) is 7.48. The van der Waals surface area contributed by atoms with Crippen LogP contribution in [0.5, 0.6) is 0 Å². The lowest BCUT2D eigenvalue weighted by Crippen LogP contribution is -1.92. The molecule has 0 amide bonds. The molecule has 0 spiro atoms. The lowest BCUT2D eigenvalue weighted by molar-refractivity contribution is 1.18. The molecule has 0 unspecified atom stereocenters. The van der Waals surface area contributed by atoms with Crippen molar-refractivity contribution in [3.63, 3.8) is 0 Å². The summed E-state index contributed by atoms with van der Waals surface area (Å²) in [6, 6.07) is 105. The smallest absolute Gasteiger partial charge is 0.0541 e. The van der Waals surface area contributed by atoms with Gasteiger partial charge in [-0.15, -0.1) is 0 Å². The second-order valence-corrected chi connectivity index (χ2v) is 20.5. The van der Waals surface area contributed by atoms with Crippen LogP contribution in [0, 0.1) is 6.92 Å². The molecule has 0 atom stereocenters. The summed E-state index contributed by atoms with van der Waals surface area (Å²) in [6.45, 7) is 2.20. The van der Waals surface area contributed by atoms with E-state index in [-0.39, 0.29) is 0 Å². The van der Waals surface area contributed by atoms with Crippen molar-refractivity contribution < 1.29 is 0 Å². The number of rotatable bonds is 8. The Balaban J connectivity index is 0.725. The van der Waals surface area contributed by atoms with Crippen LogP contribution in [-0.2, 0) is 0 Å². The summed E-state index contributed by atoms with van der Waals surface area (Å²) in [5.74, 6) is 0. The Bertz CT molecular complexity index is 4730. The van der Waals surface area contributed by atoms with Crippen molar-refractivity contribution in [2.75, 3.05) is 0 Å². The maximum atomic E-state index is 2.37. The Morgan fingerprint density at radius 1 is 0.195 bits per heavy atom. The molecule has 0 bridgehead atoms. The molecule has 0 N–H and O–H groups in total. The van der Waals surface area contributed by atoms with Gasteiger partial charge in [0.1, 0.15) is 0 Å². The molecule has 0 radical (unpaired) electrons. The van der Waals surface area contributed by atoms with Gasteiger partial charge in [-0.1, -0.05) is 230 Å². The van der Waals surface area contributed by atoms with Gasteiger partial charge in [0.2, 0.25) is 0 Å². The van der Waals surface area contributed by atoms with Crippen LogP contribution in [0.1, 0.15) is 5.56 Å². The first-order valence-electron chi connectivity index (χ1n) is 26.6. The van der Waals surface area contributed by atoms with Gasteiger partial charge in [0, 0.05) is 32.9 Å². The van der Waals surface area contributed by atoms with Gasteiger partial charge < -0.3 is 9.13 Å². The maximum absolute atomic E-state index is 2.37. The SMILES string of the molecule is Cc1ccc2c(-c3ccc(-c4ccc(-c5ccc6c(c5)c5ccccc5n6-c5ccccc5)cc4)cc3)c3ccccc3c(-c3ccc(-c4ccc(-c5ccc6c(c5)c5ccccc5n6-c5ccccc5)cc4)cc3)c2c1. The maximum Gasteiger partial charge on any atom is 0.0541 e. The van der Waals surface area contributed by atoms with Crippen molar-refractivity contribution in [1.29, 1.82) is 0 Å². The summed E-state index contributed by atoms with van der Waals surface area (Å²) in [5, 5.41) is 10.1. The quantitative estimate of drug-likeness (QED) is 0.134. The lowest BCUT2D eigenvalue weighted by atomic mass is 9.85. The van der Waals surface area contributed by atoms with E-state index < -0.39 is 0 Å². The molecule has 2 heterocycles. The van der Waals surface area contributed by atoms with Gasteiger partial charge in [-0.05, 0) is 156 Å². The van der Waals surface area contributed by atoms with Crippen molar-refractivity contribution in [2.24, 2.45) is 0 Å². The predicted octanol–water partition coefficient (Wildman–Crippen LogP) is 20.5. The number of nitrogens with zero attached hydrogens (tertiary/aromatic N) is 2. The third-order valence-corrected chi connectivity index (χ3v) is 16.0. The van der Waals surface area contributed by atoms with E-state index in [2.05, 4.69) is 301 Å². The largest absolute Gasteiger partial charge is 0.309 e. The molecule has 0 aliphatic heterocycles. The number of aryl methyl sites for hydroxylation is 1. The fourth-order valence-electron chi connectivity index (χ4n) is 12.3. The lowest BCUT2D eigenvalue weighted by Gasteiger charge is -2.19. The van der Waals surface area contributed by atoms with Crippen molar-refractivity contribution in [3.05, 3.63) is 291 Å². The molecule has 15 rings (SSSR count). The molecular formula is C75H50N2.